The maximum Gasteiger partial charge on any atom is 0.405 e. The fraction of sp³-hybridized carbons (Fsp3) is 0.381. The van der Waals surface area contributed by atoms with Crippen molar-refractivity contribution >= 4 is 17.6 Å². The summed E-state index contributed by atoms with van der Waals surface area (Å²) in [5.74, 6) is -0.737. The Bertz CT molecular complexity index is 1120. The summed E-state index contributed by atoms with van der Waals surface area (Å²) in [7, 11) is 0. The Balaban J connectivity index is 1.82. The number of benzene rings is 1. The van der Waals surface area contributed by atoms with Crippen LogP contribution in [0.1, 0.15) is 51.6 Å². The predicted octanol–water partition coefficient (Wildman–Crippen LogP) is 3.79. The lowest BCUT2D eigenvalue weighted by molar-refractivity contribution is -0.123. The number of alkyl halides is 4. The number of aromatic nitrogens is 4. The molecular weight excluding hydrogens is 460 g/mol. The third-order valence-corrected chi connectivity index (χ3v) is 4.72. The fourth-order valence-electron chi connectivity index (χ4n) is 3.11. The molecule has 3 rings (SSSR count). The van der Waals surface area contributed by atoms with Gasteiger partial charge < -0.3 is 15.2 Å². The molecular formula is C21H22F4N6O3. The number of aryl methyl sites for hydroxylation is 1. The summed E-state index contributed by atoms with van der Waals surface area (Å²) >= 11 is 0. The van der Waals surface area contributed by atoms with Gasteiger partial charge >= 0.3 is 6.18 Å². The Kier molecular flexibility index (Phi) is 7.97. The standard InChI is InChI=1S/C21H22F4N6O3/c1-13-11-17(29-34-13)27-20(33)18-16(5-3-2-4-10-22)31(30-28-18)15-8-6-14(7-9-15)19(32)26-12-21(23,24)25/h6-9,11H,2-5,10,12H2,1H3,(H,26,32)(H,27,29,33). The normalized spacial score (nSPS) is 11.4. The number of unbranched alkanes of at least 4 members (excludes halogenated alkanes) is 2. The van der Waals surface area contributed by atoms with E-state index in [1.54, 1.807) is 12.2 Å². The van der Waals surface area contributed by atoms with Gasteiger partial charge in [0.25, 0.3) is 11.8 Å². The van der Waals surface area contributed by atoms with Crippen LogP contribution in [-0.4, -0.2) is 51.4 Å². The van der Waals surface area contributed by atoms with E-state index in [2.05, 4.69) is 20.8 Å². The van der Waals surface area contributed by atoms with E-state index >= 15 is 0 Å². The molecule has 0 atom stereocenters. The van der Waals surface area contributed by atoms with Gasteiger partial charge in [0.05, 0.1) is 18.1 Å². The smallest absolute Gasteiger partial charge is 0.360 e. The lowest BCUT2D eigenvalue weighted by atomic mass is 10.1. The highest BCUT2D eigenvalue weighted by Gasteiger charge is 2.28. The summed E-state index contributed by atoms with van der Waals surface area (Å²) in [6.07, 6.45) is -2.62. The molecule has 1 aromatic carbocycles. The average Bonchev–Trinajstić information content (AvgIpc) is 3.40. The molecule has 0 unspecified atom stereocenters. The maximum absolute atomic E-state index is 12.8. The first-order valence-corrected chi connectivity index (χ1v) is 10.4. The molecule has 34 heavy (non-hydrogen) atoms. The molecule has 2 N–H and O–H groups in total. The number of amides is 2. The number of hydrogen-bond acceptors (Lipinski definition) is 6. The first-order chi connectivity index (χ1) is 16.2. The Morgan fingerprint density at radius 2 is 1.82 bits per heavy atom. The van der Waals surface area contributed by atoms with E-state index in [1.807, 2.05) is 0 Å². The van der Waals surface area contributed by atoms with E-state index < -0.39 is 31.2 Å². The summed E-state index contributed by atoms with van der Waals surface area (Å²) in [5.41, 5.74) is 0.951. The van der Waals surface area contributed by atoms with Gasteiger partial charge in [0.1, 0.15) is 12.3 Å². The van der Waals surface area contributed by atoms with Crippen molar-refractivity contribution in [3.8, 4) is 5.69 Å². The third-order valence-electron chi connectivity index (χ3n) is 4.72. The Morgan fingerprint density at radius 3 is 2.44 bits per heavy atom. The second-order valence-corrected chi connectivity index (χ2v) is 7.42. The molecule has 0 aliphatic carbocycles. The molecule has 2 amide bonds. The van der Waals surface area contributed by atoms with Crippen molar-refractivity contribution in [2.24, 2.45) is 0 Å². The Labute approximate surface area is 191 Å². The zero-order chi connectivity index (χ0) is 24.7. The van der Waals surface area contributed by atoms with Gasteiger partial charge in [0.2, 0.25) is 0 Å². The maximum atomic E-state index is 12.8. The first-order valence-electron chi connectivity index (χ1n) is 10.4. The second kappa shape index (κ2) is 10.9. The van der Waals surface area contributed by atoms with Gasteiger partial charge in [-0.15, -0.1) is 5.10 Å². The molecule has 0 fully saturated rings. The van der Waals surface area contributed by atoms with Crippen LogP contribution in [0.15, 0.2) is 34.9 Å². The topological polar surface area (TPSA) is 115 Å². The number of nitrogens with one attached hydrogen (secondary N) is 2. The van der Waals surface area contributed by atoms with Crippen molar-refractivity contribution in [2.75, 3.05) is 18.5 Å². The van der Waals surface area contributed by atoms with Crippen LogP contribution in [-0.2, 0) is 6.42 Å². The molecule has 2 heterocycles. The van der Waals surface area contributed by atoms with Crippen molar-refractivity contribution < 1.29 is 31.7 Å². The summed E-state index contributed by atoms with van der Waals surface area (Å²) < 4.78 is 55.8. The zero-order valence-corrected chi connectivity index (χ0v) is 18.2. The minimum absolute atomic E-state index is 0.0250. The van der Waals surface area contributed by atoms with Gasteiger partial charge in [-0.2, -0.15) is 13.2 Å². The number of carbonyl (C=O) groups excluding carboxylic acids is 2. The number of halogens is 4. The van der Waals surface area contributed by atoms with E-state index in [0.717, 1.165) is 0 Å². The molecule has 3 aromatic rings. The third kappa shape index (κ3) is 6.62. The van der Waals surface area contributed by atoms with E-state index in [0.29, 0.717) is 42.8 Å². The van der Waals surface area contributed by atoms with Crippen molar-refractivity contribution in [3.63, 3.8) is 0 Å². The minimum atomic E-state index is -4.52. The van der Waals surface area contributed by atoms with Crippen LogP contribution < -0.4 is 10.6 Å². The van der Waals surface area contributed by atoms with Crippen molar-refractivity contribution in [1.29, 1.82) is 0 Å². The van der Waals surface area contributed by atoms with Crippen LogP contribution in [0, 0.1) is 6.92 Å². The molecule has 0 spiro atoms. The summed E-state index contributed by atoms with van der Waals surface area (Å²) in [5, 5.41) is 16.1. The molecule has 2 aromatic heterocycles. The highest BCUT2D eigenvalue weighted by atomic mass is 19.4. The largest absolute Gasteiger partial charge is 0.405 e. The number of nitrogens with zero attached hydrogens (tertiary/aromatic N) is 4. The quantitative estimate of drug-likeness (QED) is 0.336. The van der Waals surface area contributed by atoms with Gasteiger partial charge in [0, 0.05) is 11.6 Å². The zero-order valence-electron chi connectivity index (χ0n) is 18.2. The van der Waals surface area contributed by atoms with Crippen LogP contribution in [0.25, 0.3) is 5.69 Å². The van der Waals surface area contributed by atoms with Crippen LogP contribution in [0.2, 0.25) is 0 Å². The Morgan fingerprint density at radius 1 is 1.09 bits per heavy atom. The number of rotatable bonds is 10. The second-order valence-electron chi connectivity index (χ2n) is 7.42. The number of hydrogen-bond donors (Lipinski definition) is 2. The highest BCUT2D eigenvalue weighted by Crippen LogP contribution is 2.19. The van der Waals surface area contributed by atoms with Gasteiger partial charge in [0.15, 0.2) is 11.5 Å². The molecule has 13 heteroatoms. The monoisotopic (exact) mass is 482 g/mol. The van der Waals surface area contributed by atoms with E-state index in [-0.39, 0.29) is 17.1 Å². The summed E-state index contributed by atoms with van der Waals surface area (Å²) in [4.78, 5) is 24.7. The lowest BCUT2D eigenvalue weighted by Crippen LogP contribution is -2.33. The van der Waals surface area contributed by atoms with Crippen LogP contribution >= 0.6 is 0 Å². The van der Waals surface area contributed by atoms with Crippen molar-refractivity contribution in [2.45, 2.75) is 38.8 Å². The first kappa shape index (κ1) is 24.9. The molecule has 9 nitrogen and oxygen atoms in total. The molecule has 0 aliphatic heterocycles. The predicted molar refractivity (Wildman–Crippen MR) is 112 cm³/mol. The highest BCUT2D eigenvalue weighted by molar-refractivity contribution is 6.03. The molecule has 0 saturated carbocycles. The molecule has 0 bridgehead atoms. The van der Waals surface area contributed by atoms with Crippen LogP contribution in [0.3, 0.4) is 0 Å². The van der Waals surface area contributed by atoms with Gasteiger partial charge in [-0.1, -0.05) is 16.8 Å². The van der Waals surface area contributed by atoms with E-state index in [1.165, 1.54) is 35.0 Å². The number of anilines is 1. The summed E-state index contributed by atoms with van der Waals surface area (Å²) in [6, 6.07) is 7.17. The molecule has 0 radical (unpaired) electrons. The molecule has 182 valence electrons. The average molecular weight is 482 g/mol. The van der Waals surface area contributed by atoms with Crippen molar-refractivity contribution in [3.05, 3.63) is 53.0 Å². The van der Waals surface area contributed by atoms with Gasteiger partial charge in [-0.05, 0) is 50.5 Å². The summed E-state index contributed by atoms with van der Waals surface area (Å²) in [6.45, 7) is -0.222. The number of carbonyl (C=O) groups is 2. The SMILES string of the molecule is Cc1cc(NC(=O)c2nnn(-c3ccc(C(=O)NCC(F)(F)F)cc3)c2CCCCCF)no1. The van der Waals surface area contributed by atoms with Gasteiger partial charge in [-0.25, -0.2) is 4.68 Å². The minimum Gasteiger partial charge on any atom is -0.360 e. The lowest BCUT2D eigenvalue weighted by Gasteiger charge is -2.10. The fourth-order valence-corrected chi connectivity index (χ4v) is 3.11. The molecule has 0 saturated heterocycles. The Hall–Kier alpha value is -3.77. The van der Waals surface area contributed by atoms with Crippen LogP contribution in [0.4, 0.5) is 23.4 Å². The van der Waals surface area contributed by atoms with Crippen LogP contribution in [0.5, 0.6) is 0 Å². The van der Waals surface area contributed by atoms with E-state index in [9.17, 15) is 27.2 Å². The van der Waals surface area contributed by atoms with E-state index in [4.69, 9.17) is 4.52 Å². The van der Waals surface area contributed by atoms with Gasteiger partial charge in [-0.3, -0.25) is 14.0 Å². The molecule has 0 aliphatic rings. The van der Waals surface area contributed by atoms with Crippen molar-refractivity contribution in [1.82, 2.24) is 25.5 Å².